The van der Waals surface area contributed by atoms with E-state index < -0.39 is 9.84 Å². The van der Waals surface area contributed by atoms with Crippen LogP contribution in [0.3, 0.4) is 0 Å². The van der Waals surface area contributed by atoms with Crippen LogP contribution >= 0.6 is 0 Å². The van der Waals surface area contributed by atoms with Gasteiger partial charge in [-0.1, -0.05) is 6.42 Å². The second kappa shape index (κ2) is 3.49. The summed E-state index contributed by atoms with van der Waals surface area (Å²) in [6.07, 6.45) is 4.40. The van der Waals surface area contributed by atoms with Crippen LogP contribution in [0.15, 0.2) is 0 Å². The van der Waals surface area contributed by atoms with Gasteiger partial charge in [0.15, 0.2) is 9.84 Å². The number of fused-ring (bicyclic) bond motifs is 2. The largest absolute Gasteiger partial charge is 0.329 e. The predicted molar refractivity (Wildman–Crippen MR) is 56.7 cm³/mol. The molecule has 0 aliphatic heterocycles. The summed E-state index contributed by atoms with van der Waals surface area (Å²) < 4.78 is 24.1. The summed E-state index contributed by atoms with van der Waals surface area (Å²) >= 11 is 0. The van der Waals surface area contributed by atoms with Gasteiger partial charge >= 0.3 is 0 Å². The maximum Gasteiger partial charge on any atom is 0.157 e. The molecule has 2 N–H and O–H groups in total. The highest BCUT2D eigenvalue weighted by atomic mass is 32.2. The van der Waals surface area contributed by atoms with E-state index in [1.54, 1.807) is 6.92 Å². The molecule has 4 heteroatoms. The van der Waals surface area contributed by atoms with Gasteiger partial charge in [-0.3, -0.25) is 0 Å². The molecule has 82 valence electrons. The lowest BCUT2D eigenvalue weighted by atomic mass is 10.0. The van der Waals surface area contributed by atoms with Crippen LogP contribution in [0.2, 0.25) is 0 Å². The van der Waals surface area contributed by atoms with Crippen LogP contribution in [0.4, 0.5) is 0 Å². The molecule has 0 heterocycles. The molecule has 0 radical (unpaired) electrons. The molecule has 0 aromatic rings. The lowest BCUT2D eigenvalue weighted by Crippen LogP contribution is -2.37. The summed E-state index contributed by atoms with van der Waals surface area (Å²) in [4.78, 5) is 0. The van der Waals surface area contributed by atoms with Crippen molar-refractivity contribution in [2.75, 3.05) is 6.54 Å². The highest BCUT2D eigenvalue weighted by Gasteiger charge is 2.47. The monoisotopic (exact) mass is 217 g/mol. The van der Waals surface area contributed by atoms with Gasteiger partial charge in [-0.15, -0.1) is 0 Å². The van der Waals surface area contributed by atoms with Crippen molar-refractivity contribution >= 4 is 9.84 Å². The van der Waals surface area contributed by atoms with Crippen LogP contribution in [-0.4, -0.2) is 25.5 Å². The molecule has 0 aromatic carbocycles. The Labute approximate surface area is 86.0 Å². The quantitative estimate of drug-likeness (QED) is 0.765. The SMILES string of the molecule is CC(CN)S(=O)(=O)C1CC2CCC1C2. The summed E-state index contributed by atoms with van der Waals surface area (Å²) in [6, 6.07) is 0. The molecule has 2 rings (SSSR count). The number of hydrogen-bond acceptors (Lipinski definition) is 3. The van der Waals surface area contributed by atoms with E-state index >= 15 is 0 Å². The minimum Gasteiger partial charge on any atom is -0.329 e. The van der Waals surface area contributed by atoms with Gasteiger partial charge in [-0.05, 0) is 38.0 Å². The Morgan fingerprint density at radius 1 is 1.36 bits per heavy atom. The normalized spacial score (nSPS) is 38.9. The summed E-state index contributed by atoms with van der Waals surface area (Å²) in [5.41, 5.74) is 5.44. The van der Waals surface area contributed by atoms with Gasteiger partial charge in [0.1, 0.15) is 0 Å². The van der Waals surface area contributed by atoms with E-state index in [4.69, 9.17) is 5.73 Å². The van der Waals surface area contributed by atoms with Crippen LogP contribution in [0.5, 0.6) is 0 Å². The molecular weight excluding hydrogens is 198 g/mol. The maximum absolute atomic E-state index is 12.1. The number of rotatable bonds is 3. The Morgan fingerprint density at radius 2 is 2.07 bits per heavy atom. The zero-order valence-electron chi connectivity index (χ0n) is 8.65. The van der Waals surface area contributed by atoms with Gasteiger partial charge in [0.25, 0.3) is 0 Å². The summed E-state index contributed by atoms with van der Waals surface area (Å²) in [6.45, 7) is 2.00. The van der Waals surface area contributed by atoms with Crippen molar-refractivity contribution in [3.8, 4) is 0 Å². The smallest absolute Gasteiger partial charge is 0.157 e. The minimum atomic E-state index is -2.94. The van der Waals surface area contributed by atoms with Crippen LogP contribution in [0, 0.1) is 11.8 Å². The average Bonchev–Trinajstić information content (AvgIpc) is 2.77. The van der Waals surface area contributed by atoms with Crippen molar-refractivity contribution in [1.82, 2.24) is 0 Å². The maximum atomic E-state index is 12.1. The Morgan fingerprint density at radius 3 is 2.50 bits per heavy atom. The topological polar surface area (TPSA) is 60.2 Å². The third-order valence-electron chi connectivity index (χ3n) is 3.99. The van der Waals surface area contributed by atoms with E-state index in [1.807, 2.05) is 0 Å². The first-order valence-corrected chi connectivity index (χ1v) is 7.09. The van der Waals surface area contributed by atoms with E-state index in [1.165, 1.54) is 6.42 Å². The zero-order valence-corrected chi connectivity index (χ0v) is 9.46. The Hall–Kier alpha value is -0.0900. The molecule has 0 spiro atoms. The van der Waals surface area contributed by atoms with Crippen molar-refractivity contribution in [1.29, 1.82) is 0 Å². The Balaban J connectivity index is 2.16. The molecule has 3 nitrogen and oxygen atoms in total. The molecule has 2 saturated carbocycles. The van der Waals surface area contributed by atoms with Crippen molar-refractivity contribution in [2.24, 2.45) is 17.6 Å². The molecule has 0 aromatic heterocycles. The number of hydrogen-bond donors (Lipinski definition) is 1. The first-order chi connectivity index (χ1) is 6.55. The summed E-state index contributed by atoms with van der Waals surface area (Å²) in [7, 11) is -2.94. The fourth-order valence-corrected chi connectivity index (χ4v) is 5.21. The number of sulfone groups is 1. The molecule has 14 heavy (non-hydrogen) atoms. The van der Waals surface area contributed by atoms with Gasteiger partial charge in [-0.25, -0.2) is 8.42 Å². The van der Waals surface area contributed by atoms with Gasteiger partial charge in [0, 0.05) is 6.54 Å². The molecular formula is C10H19NO2S. The van der Waals surface area contributed by atoms with Crippen LogP contribution in [0.1, 0.15) is 32.6 Å². The lowest BCUT2D eigenvalue weighted by molar-refractivity contribution is 0.461. The van der Waals surface area contributed by atoms with Crippen molar-refractivity contribution in [3.05, 3.63) is 0 Å². The van der Waals surface area contributed by atoms with E-state index in [-0.39, 0.29) is 17.0 Å². The van der Waals surface area contributed by atoms with Crippen molar-refractivity contribution in [2.45, 2.75) is 43.1 Å². The van der Waals surface area contributed by atoms with E-state index in [2.05, 4.69) is 0 Å². The second-order valence-electron chi connectivity index (χ2n) is 4.85. The fraction of sp³-hybridized carbons (Fsp3) is 1.00. The third kappa shape index (κ3) is 1.48. The Bertz CT molecular complexity index is 312. The predicted octanol–water partition coefficient (Wildman–Crippen LogP) is 0.937. The molecule has 2 aliphatic rings. The highest BCUT2D eigenvalue weighted by Crippen LogP contribution is 2.47. The highest BCUT2D eigenvalue weighted by molar-refractivity contribution is 7.92. The molecule has 4 unspecified atom stereocenters. The first-order valence-electron chi connectivity index (χ1n) is 5.48. The van der Waals surface area contributed by atoms with Gasteiger partial charge in [0.05, 0.1) is 10.5 Å². The van der Waals surface area contributed by atoms with E-state index in [9.17, 15) is 8.42 Å². The molecule has 4 atom stereocenters. The van der Waals surface area contributed by atoms with Crippen molar-refractivity contribution < 1.29 is 8.42 Å². The molecule has 2 aliphatic carbocycles. The minimum absolute atomic E-state index is 0.0696. The molecule has 2 fully saturated rings. The lowest BCUT2D eigenvalue weighted by Gasteiger charge is -2.24. The Kier molecular flexibility index (Phi) is 2.60. The number of nitrogens with two attached hydrogens (primary N) is 1. The van der Waals surface area contributed by atoms with Crippen LogP contribution in [-0.2, 0) is 9.84 Å². The first kappa shape index (κ1) is 10.4. The van der Waals surface area contributed by atoms with E-state index in [0.29, 0.717) is 11.8 Å². The fourth-order valence-electron chi connectivity index (χ4n) is 3.02. The van der Waals surface area contributed by atoms with Crippen LogP contribution in [0.25, 0.3) is 0 Å². The molecule has 0 amide bonds. The van der Waals surface area contributed by atoms with Gasteiger partial charge in [-0.2, -0.15) is 0 Å². The summed E-state index contributed by atoms with van der Waals surface area (Å²) in [5.74, 6) is 1.13. The summed E-state index contributed by atoms with van der Waals surface area (Å²) in [5, 5.41) is -0.424. The zero-order chi connectivity index (χ0) is 10.3. The van der Waals surface area contributed by atoms with Gasteiger partial charge in [0.2, 0.25) is 0 Å². The molecule has 0 saturated heterocycles. The van der Waals surface area contributed by atoms with Crippen molar-refractivity contribution in [3.63, 3.8) is 0 Å². The third-order valence-corrected chi connectivity index (χ3v) is 6.72. The van der Waals surface area contributed by atoms with Crippen LogP contribution < -0.4 is 5.73 Å². The van der Waals surface area contributed by atoms with Gasteiger partial charge < -0.3 is 5.73 Å². The van der Waals surface area contributed by atoms with E-state index in [0.717, 1.165) is 19.3 Å². The molecule has 2 bridgehead atoms. The second-order valence-corrected chi connectivity index (χ2v) is 7.44. The average molecular weight is 217 g/mol. The standard InChI is InChI=1S/C10H19NO2S/c1-7(6-11)14(12,13)10-5-8-2-3-9(10)4-8/h7-10H,2-6,11H2,1H3.